The number of aromatic hydroxyl groups is 2. The molecule has 1 aromatic heterocycles. The van der Waals surface area contributed by atoms with Crippen LogP contribution in [0, 0.1) is 0 Å². The fraction of sp³-hybridized carbons (Fsp3) is 0.333. The van der Waals surface area contributed by atoms with Crippen LogP contribution in [0.25, 0.3) is 11.5 Å². The lowest BCUT2D eigenvalue weighted by atomic mass is 10.1. The van der Waals surface area contributed by atoms with Gasteiger partial charge < -0.3 is 19.5 Å². The van der Waals surface area contributed by atoms with E-state index in [0.717, 1.165) is 6.42 Å². The first kappa shape index (κ1) is 11.0. The largest absolute Gasteiger partial charge is 0.504 e. The molecule has 6 heteroatoms. The van der Waals surface area contributed by atoms with Crippen LogP contribution in [0.5, 0.6) is 11.5 Å². The minimum Gasteiger partial charge on any atom is -0.504 e. The Morgan fingerprint density at radius 1 is 1.28 bits per heavy atom. The predicted octanol–water partition coefficient (Wildman–Crippen LogP) is 1.65. The van der Waals surface area contributed by atoms with E-state index in [2.05, 4.69) is 10.1 Å². The van der Waals surface area contributed by atoms with Gasteiger partial charge in [-0.2, -0.15) is 4.98 Å². The SMILES string of the molecule is Oc1cccc(-c2nc(C3CCOC3)no2)c1O. The molecule has 1 unspecified atom stereocenters. The van der Waals surface area contributed by atoms with Crippen LogP contribution < -0.4 is 0 Å². The van der Waals surface area contributed by atoms with Crippen LogP contribution >= 0.6 is 0 Å². The Morgan fingerprint density at radius 2 is 2.17 bits per heavy atom. The van der Waals surface area contributed by atoms with Crippen LogP contribution in [-0.4, -0.2) is 33.6 Å². The van der Waals surface area contributed by atoms with Gasteiger partial charge in [0.2, 0.25) is 0 Å². The summed E-state index contributed by atoms with van der Waals surface area (Å²) in [6.07, 6.45) is 0.866. The van der Waals surface area contributed by atoms with Crippen LogP contribution in [0.1, 0.15) is 18.2 Å². The van der Waals surface area contributed by atoms with Gasteiger partial charge in [0.15, 0.2) is 17.3 Å². The third-order valence-electron chi connectivity index (χ3n) is 2.98. The van der Waals surface area contributed by atoms with Crippen LogP contribution in [0.4, 0.5) is 0 Å². The number of benzene rings is 1. The fourth-order valence-corrected chi connectivity index (χ4v) is 1.95. The first-order valence-electron chi connectivity index (χ1n) is 5.68. The minimum atomic E-state index is -0.254. The second-order valence-corrected chi connectivity index (χ2v) is 4.19. The summed E-state index contributed by atoms with van der Waals surface area (Å²) in [4.78, 5) is 4.24. The average Bonchev–Trinajstić information content (AvgIpc) is 3.01. The molecule has 1 atom stereocenters. The van der Waals surface area contributed by atoms with Crippen LogP contribution in [0.3, 0.4) is 0 Å². The van der Waals surface area contributed by atoms with E-state index in [4.69, 9.17) is 9.26 Å². The van der Waals surface area contributed by atoms with Crippen molar-refractivity contribution < 1.29 is 19.5 Å². The van der Waals surface area contributed by atoms with Crippen molar-refractivity contribution in [1.29, 1.82) is 0 Å². The molecule has 0 spiro atoms. The Kier molecular flexibility index (Phi) is 2.64. The number of ether oxygens (including phenoxy) is 1. The zero-order valence-corrected chi connectivity index (χ0v) is 9.54. The number of nitrogens with zero attached hydrogens (tertiary/aromatic N) is 2. The number of hydrogen-bond donors (Lipinski definition) is 2. The topological polar surface area (TPSA) is 88.6 Å². The lowest BCUT2D eigenvalue weighted by molar-refractivity contribution is 0.192. The van der Waals surface area contributed by atoms with Gasteiger partial charge in [0.25, 0.3) is 5.89 Å². The standard InChI is InChI=1S/C12H12N2O4/c15-9-3-1-2-8(10(9)16)12-13-11(14-18-12)7-4-5-17-6-7/h1-3,7,15-16H,4-6H2. The maximum Gasteiger partial charge on any atom is 0.261 e. The molecular weight excluding hydrogens is 236 g/mol. The molecule has 1 fully saturated rings. The summed E-state index contributed by atoms with van der Waals surface area (Å²) in [7, 11) is 0. The van der Waals surface area contributed by atoms with E-state index in [0.29, 0.717) is 24.6 Å². The lowest BCUT2D eigenvalue weighted by Crippen LogP contribution is -1.99. The van der Waals surface area contributed by atoms with Crippen molar-refractivity contribution in [2.45, 2.75) is 12.3 Å². The Morgan fingerprint density at radius 3 is 2.94 bits per heavy atom. The minimum absolute atomic E-state index is 0.141. The molecule has 1 aliphatic heterocycles. The number of rotatable bonds is 2. The molecule has 0 amide bonds. The van der Waals surface area contributed by atoms with Crippen molar-refractivity contribution in [3.05, 3.63) is 24.0 Å². The summed E-state index contributed by atoms with van der Waals surface area (Å²) in [6.45, 7) is 1.29. The van der Waals surface area contributed by atoms with E-state index in [1.54, 1.807) is 12.1 Å². The third kappa shape index (κ3) is 1.80. The summed E-state index contributed by atoms with van der Waals surface area (Å²) < 4.78 is 10.4. The molecule has 2 aromatic rings. The highest BCUT2D eigenvalue weighted by atomic mass is 16.5. The highest BCUT2D eigenvalue weighted by molar-refractivity contribution is 5.66. The number of para-hydroxylation sites is 1. The molecule has 6 nitrogen and oxygen atoms in total. The fourth-order valence-electron chi connectivity index (χ4n) is 1.95. The first-order chi connectivity index (χ1) is 8.75. The maximum atomic E-state index is 9.72. The summed E-state index contributed by atoms with van der Waals surface area (Å²) >= 11 is 0. The Bertz CT molecular complexity index is 561. The summed E-state index contributed by atoms with van der Waals surface area (Å²) in [5.41, 5.74) is 0.327. The average molecular weight is 248 g/mol. The van der Waals surface area contributed by atoms with Crippen molar-refractivity contribution in [3.8, 4) is 23.0 Å². The predicted molar refractivity (Wildman–Crippen MR) is 61.2 cm³/mol. The first-order valence-corrected chi connectivity index (χ1v) is 5.68. The smallest absolute Gasteiger partial charge is 0.261 e. The molecule has 94 valence electrons. The molecule has 1 saturated heterocycles. The molecule has 0 aliphatic carbocycles. The van der Waals surface area contributed by atoms with E-state index in [-0.39, 0.29) is 23.3 Å². The molecule has 1 aromatic carbocycles. The van der Waals surface area contributed by atoms with Crippen molar-refractivity contribution >= 4 is 0 Å². The maximum absolute atomic E-state index is 9.72. The molecule has 18 heavy (non-hydrogen) atoms. The Balaban J connectivity index is 1.95. The van der Waals surface area contributed by atoms with Gasteiger partial charge in [0.05, 0.1) is 12.2 Å². The van der Waals surface area contributed by atoms with Crippen molar-refractivity contribution in [2.24, 2.45) is 0 Å². The van der Waals surface area contributed by atoms with E-state index in [9.17, 15) is 10.2 Å². The van der Waals surface area contributed by atoms with E-state index in [1.807, 2.05) is 0 Å². The lowest BCUT2D eigenvalue weighted by Gasteiger charge is -2.01. The van der Waals surface area contributed by atoms with Crippen LogP contribution in [0.2, 0.25) is 0 Å². The molecule has 1 aliphatic rings. The normalized spacial score (nSPS) is 19.2. The van der Waals surface area contributed by atoms with Gasteiger partial charge in [0.1, 0.15) is 0 Å². The van der Waals surface area contributed by atoms with Gasteiger partial charge in [-0.15, -0.1) is 0 Å². The zero-order valence-electron chi connectivity index (χ0n) is 9.54. The molecule has 2 N–H and O–H groups in total. The van der Waals surface area contributed by atoms with E-state index >= 15 is 0 Å². The van der Waals surface area contributed by atoms with Crippen molar-refractivity contribution in [3.63, 3.8) is 0 Å². The van der Waals surface area contributed by atoms with Crippen LogP contribution in [0.15, 0.2) is 22.7 Å². The van der Waals surface area contributed by atoms with Gasteiger partial charge in [-0.25, -0.2) is 0 Å². The summed E-state index contributed by atoms with van der Waals surface area (Å²) in [5.74, 6) is 0.448. The third-order valence-corrected chi connectivity index (χ3v) is 2.98. The van der Waals surface area contributed by atoms with Gasteiger partial charge in [-0.3, -0.25) is 0 Å². The highest BCUT2D eigenvalue weighted by Gasteiger charge is 2.24. The second-order valence-electron chi connectivity index (χ2n) is 4.19. The van der Waals surface area contributed by atoms with Crippen molar-refractivity contribution in [2.75, 3.05) is 13.2 Å². The quantitative estimate of drug-likeness (QED) is 0.785. The molecule has 0 saturated carbocycles. The molecular formula is C12H12N2O4. The van der Waals surface area contributed by atoms with E-state index in [1.165, 1.54) is 6.07 Å². The van der Waals surface area contributed by atoms with E-state index < -0.39 is 0 Å². The zero-order chi connectivity index (χ0) is 12.5. The molecule has 2 heterocycles. The van der Waals surface area contributed by atoms with Gasteiger partial charge >= 0.3 is 0 Å². The highest BCUT2D eigenvalue weighted by Crippen LogP contribution is 2.35. The number of aromatic nitrogens is 2. The molecule has 0 bridgehead atoms. The second kappa shape index (κ2) is 4.30. The monoisotopic (exact) mass is 248 g/mol. The molecule has 3 rings (SSSR count). The molecule has 0 radical (unpaired) electrons. The summed E-state index contributed by atoms with van der Waals surface area (Å²) in [5, 5.41) is 23.0. The Labute approximate surface area is 103 Å². The van der Waals surface area contributed by atoms with Crippen LogP contribution in [-0.2, 0) is 4.74 Å². The van der Waals surface area contributed by atoms with Gasteiger partial charge in [-0.1, -0.05) is 11.2 Å². The summed E-state index contributed by atoms with van der Waals surface area (Å²) in [6, 6.07) is 4.60. The Hall–Kier alpha value is -2.08. The van der Waals surface area contributed by atoms with Gasteiger partial charge in [-0.05, 0) is 18.6 Å². The van der Waals surface area contributed by atoms with Gasteiger partial charge in [0, 0.05) is 12.5 Å². The van der Waals surface area contributed by atoms with Crippen molar-refractivity contribution in [1.82, 2.24) is 10.1 Å². The number of hydrogen-bond acceptors (Lipinski definition) is 6. The number of phenols is 2. The number of phenolic OH excluding ortho intramolecular Hbond substituents is 2.